The molecule has 1 aliphatic heterocycles. The standard InChI is InChI=1S/C17H20N4O2/c1-13-7-8-15(16(20-22)21-10-3-2-4-11-21)17(19-13)23-14-6-5-9-18-12-14/h5-9,12,22H,2-4,10-11H2,1H3/b20-16-. The Morgan fingerprint density at radius 3 is 2.74 bits per heavy atom. The monoisotopic (exact) mass is 312 g/mol. The van der Waals surface area contributed by atoms with Crippen LogP contribution in [-0.2, 0) is 0 Å². The molecule has 0 aliphatic carbocycles. The maximum Gasteiger partial charge on any atom is 0.230 e. The fourth-order valence-corrected chi connectivity index (χ4v) is 2.69. The molecule has 0 amide bonds. The number of aromatic nitrogens is 2. The van der Waals surface area contributed by atoms with Gasteiger partial charge in [-0.05, 0) is 50.5 Å². The Labute approximate surface area is 135 Å². The van der Waals surface area contributed by atoms with Crippen LogP contribution in [0.3, 0.4) is 0 Å². The van der Waals surface area contributed by atoms with E-state index in [1.165, 1.54) is 6.42 Å². The smallest absolute Gasteiger partial charge is 0.230 e. The van der Waals surface area contributed by atoms with Gasteiger partial charge in [0.1, 0.15) is 5.75 Å². The second-order valence-electron chi connectivity index (χ2n) is 5.57. The molecule has 0 saturated carbocycles. The molecule has 120 valence electrons. The van der Waals surface area contributed by atoms with Crippen LogP contribution in [0.5, 0.6) is 11.6 Å². The van der Waals surface area contributed by atoms with Crippen molar-refractivity contribution in [3.8, 4) is 11.6 Å². The van der Waals surface area contributed by atoms with E-state index in [2.05, 4.69) is 20.0 Å². The van der Waals surface area contributed by atoms with E-state index in [-0.39, 0.29) is 0 Å². The summed E-state index contributed by atoms with van der Waals surface area (Å²) in [4.78, 5) is 10.6. The molecule has 3 heterocycles. The van der Waals surface area contributed by atoms with E-state index in [1.807, 2.05) is 25.1 Å². The Morgan fingerprint density at radius 2 is 2.04 bits per heavy atom. The van der Waals surface area contributed by atoms with Gasteiger partial charge in [0.2, 0.25) is 5.88 Å². The molecule has 6 heteroatoms. The predicted molar refractivity (Wildman–Crippen MR) is 87.0 cm³/mol. The molecule has 1 N–H and O–H groups in total. The van der Waals surface area contributed by atoms with E-state index < -0.39 is 0 Å². The number of ether oxygens (including phenoxy) is 1. The highest BCUT2D eigenvalue weighted by molar-refractivity contribution is 6.00. The summed E-state index contributed by atoms with van der Waals surface area (Å²) in [5.41, 5.74) is 1.52. The van der Waals surface area contributed by atoms with Crippen molar-refractivity contribution in [2.24, 2.45) is 5.16 Å². The zero-order chi connectivity index (χ0) is 16.1. The van der Waals surface area contributed by atoms with Gasteiger partial charge in [0.05, 0.1) is 11.8 Å². The molecule has 2 aromatic heterocycles. The molecule has 3 rings (SSSR count). The van der Waals surface area contributed by atoms with Crippen LogP contribution in [0.4, 0.5) is 0 Å². The third-order valence-electron chi connectivity index (χ3n) is 3.84. The first-order chi connectivity index (χ1) is 11.3. The number of amidine groups is 1. The highest BCUT2D eigenvalue weighted by Gasteiger charge is 2.22. The van der Waals surface area contributed by atoms with Gasteiger partial charge in [0.15, 0.2) is 5.84 Å². The number of hydrogen-bond donors (Lipinski definition) is 1. The fraction of sp³-hybridized carbons (Fsp3) is 0.353. The number of rotatable bonds is 3. The number of pyridine rings is 2. The molecule has 0 radical (unpaired) electrons. The molecule has 1 fully saturated rings. The van der Waals surface area contributed by atoms with Gasteiger partial charge in [-0.1, -0.05) is 5.16 Å². The average molecular weight is 312 g/mol. The summed E-state index contributed by atoms with van der Waals surface area (Å²) in [5, 5.41) is 13.1. The molecule has 1 saturated heterocycles. The van der Waals surface area contributed by atoms with Gasteiger partial charge in [0.25, 0.3) is 0 Å². The van der Waals surface area contributed by atoms with Crippen molar-refractivity contribution in [3.05, 3.63) is 47.9 Å². The Morgan fingerprint density at radius 1 is 1.22 bits per heavy atom. The lowest BCUT2D eigenvalue weighted by Crippen LogP contribution is -2.36. The van der Waals surface area contributed by atoms with Gasteiger partial charge in [-0.3, -0.25) is 4.98 Å². The summed E-state index contributed by atoms with van der Waals surface area (Å²) in [5.74, 6) is 1.54. The zero-order valence-corrected chi connectivity index (χ0v) is 13.1. The summed E-state index contributed by atoms with van der Waals surface area (Å²) in [6.45, 7) is 3.65. The third kappa shape index (κ3) is 3.59. The summed E-state index contributed by atoms with van der Waals surface area (Å²) in [7, 11) is 0. The van der Waals surface area contributed by atoms with E-state index in [0.717, 1.165) is 31.6 Å². The minimum atomic E-state index is 0.427. The highest BCUT2D eigenvalue weighted by Crippen LogP contribution is 2.25. The minimum Gasteiger partial charge on any atom is -0.437 e. The SMILES string of the molecule is Cc1ccc(/C(=N/O)N2CCCCC2)c(Oc2cccnc2)n1. The van der Waals surface area contributed by atoms with Gasteiger partial charge in [-0.15, -0.1) is 0 Å². The van der Waals surface area contributed by atoms with Gasteiger partial charge in [0, 0.05) is 25.0 Å². The van der Waals surface area contributed by atoms with Gasteiger partial charge >= 0.3 is 0 Å². The highest BCUT2D eigenvalue weighted by atomic mass is 16.5. The molecule has 0 aromatic carbocycles. The molecule has 0 spiro atoms. The predicted octanol–water partition coefficient (Wildman–Crippen LogP) is 3.20. The normalized spacial score (nSPS) is 15.5. The lowest BCUT2D eigenvalue weighted by Gasteiger charge is -2.29. The van der Waals surface area contributed by atoms with Gasteiger partial charge in [-0.25, -0.2) is 4.98 Å². The van der Waals surface area contributed by atoms with Gasteiger partial charge in [-0.2, -0.15) is 0 Å². The van der Waals surface area contributed by atoms with Crippen LogP contribution in [0.15, 0.2) is 41.8 Å². The first-order valence-electron chi connectivity index (χ1n) is 7.81. The van der Waals surface area contributed by atoms with Crippen molar-refractivity contribution in [2.75, 3.05) is 13.1 Å². The van der Waals surface area contributed by atoms with E-state index in [1.54, 1.807) is 18.5 Å². The van der Waals surface area contributed by atoms with Crippen LogP contribution in [0.25, 0.3) is 0 Å². The summed E-state index contributed by atoms with van der Waals surface area (Å²) < 4.78 is 5.87. The van der Waals surface area contributed by atoms with E-state index >= 15 is 0 Å². The minimum absolute atomic E-state index is 0.427. The van der Waals surface area contributed by atoms with Crippen molar-refractivity contribution in [1.82, 2.24) is 14.9 Å². The first-order valence-corrected chi connectivity index (χ1v) is 7.81. The maximum atomic E-state index is 9.54. The number of hydrogen-bond acceptors (Lipinski definition) is 5. The van der Waals surface area contributed by atoms with Crippen LogP contribution in [0, 0.1) is 6.92 Å². The molecular weight excluding hydrogens is 292 g/mol. The Balaban J connectivity index is 1.94. The van der Waals surface area contributed by atoms with E-state index in [0.29, 0.717) is 23.0 Å². The number of aryl methyl sites for hydroxylation is 1. The lowest BCUT2D eigenvalue weighted by molar-refractivity contribution is 0.285. The summed E-state index contributed by atoms with van der Waals surface area (Å²) in [6.07, 6.45) is 6.71. The fourth-order valence-electron chi connectivity index (χ4n) is 2.69. The van der Waals surface area contributed by atoms with E-state index in [9.17, 15) is 5.21 Å². The zero-order valence-electron chi connectivity index (χ0n) is 13.1. The number of nitrogens with zero attached hydrogens (tertiary/aromatic N) is 4. The van der Waals surface area contributed by atoms with Crippen molar-refractivity contribution < 1.29 is 9.94 Å². The molecule has 0 atom stereocenters. The van der Waals surface area contributed by atoms with Crippen LogP contribution in [0.1, 0.15) is 30.5 Å². The van der Waals surface area contributed by atoms with Crippen LogP contribution < -0.4 is 4.74 Å². The molecule has 0 bridgehead atoms. The molecule has 0 unspecified atom stereocenters. The maximum absolute atomic E-state index is 9.54. The molecular formula is C17H20N4O2. The van der Waals surface area contributed by atoms with Crippen molar-refractivity contribution in [2.45, 2.75) is 26.2 Å². The number of piperidine rings is 1. The average Bonchev–Trinajstić information content (AvgIpc) is 2.59. The number of likely N-dealkylation sites (tertiary alicyclic amines) is 1. The molecule has 23 heavy (non-hydrogen) atoms. The lowest BCUT2D eigenvalue weighted by atomic mass is 10.1. The first kappa shape index (κ1) is 15.3. The Bertz CT molecular complexity index is 682. The summed E-state index contributed by atoms with van der Waals surface area (Å²) >= 11 is 0. The molecule has 2 aromatic rings. The summed E-state index contributed by atoms with van der Waals surface area (Å²) in [6, 6.07) is 7.40. The molecule has 6 nitrogen and oxygen atoms in total. The van der Waals surface area contributed by atoms with Crippen molar-refractivity contribution >= 4 is 5.84 Å². The van der Waals surface area contributed by atoms with Crippen molar-refractivity contribution in [3.63, 3.8) is 0 Å². The topological polar surface area (TPSA) is 70.8 Å². The third-order valence-corrected chi connectivity index (χ3v) is 3.84. The Kier molecular flexibility index (Phi) is 4.71. The second-order valence-corrected chi connectivity index (χ2v) is 5.57. The van der Waals surface area contributed by atoms with Crippen LogP contribution in [0.2, 0.25) is 0 Å². The molecule has 1 aliphatic rings. The van der Waals surface area contributed by atoms with Crippen LogP contribution in [-0.4, -0.2) is 39.0 Å². The largest absolute Gasteiger partial charge is 0.437 e. The Hall–Kier alpha value is -2.63. The van der Waals surface area contributed by atoms with Gasteiger partial charge < -0.3 is 14.8 Å². The van der Waals surface area contributed by atoms with Crippen molar-refractivity contribution in [1.29, 1.82) is 0 Å². The second kappa shape index (κ2) is 7.09. The number of oxime groups is 1. The quantitative estimate of drug-likeness (QED) is 0.408. The van der Waals surface area contributed by atoms with E-state index in [4.69, 9.17) is 4.74 Å². The van der Waals surface area contributed by atoms with Crippen LogP contribution >= 0.6 is 0 Å².